The Labute approximate surface area is 126 Å². The zero-order chi connectivity index (χ0) is 14.2. The van der Waals surface area contributed by atoms with Gasteiger partial charge in [0.05, 0.1) is 11.2 Å². The number of nitrogens with one attached hydrogen (secondary N) is 2. The van der Waals surface area contributed by atoms with Crippen LogP contribution >= 0.6 is 11.3 Å². The molecule has 0 fully saturated rings. The van der Waals surface area contributed by atoms with Crippen molar-refractivity contribution >= 4 is 44.5 Å². The van der Waals surface area contributed by atoms with Gasteiger partial charge in [-0.1, -0.05) is 18.2 Å². The molecule has 4 aromatic rings. The molecule has 4 heteroatoms. The maximum Gasteiger partial charge on any atom is 0.0719 e. The van der Waals surface area contributed by atoms with Gasteiger partial charge in [0.2, 0.25) is 0 Å². The van der Waals surface area contributed by atoms with Gasteiger partial charge in [-0.2, -0.15) is 11.3 Å². The van der Waals surface area contributed by atoms with Crippen molar-refractivity contribution in [3.63, 3.8) is 0 Å². The highest BCUT2D eigenvalue weighted by Gasteiger charge is 2.10. The molecule has 21 heavy (non-hydrogen) atoms. The molecule has 3 nitrogen and oxygen atoms in total. The van der Waals surface area contributed by atoms with Crippen LogP contribution < -0.4 is 11.1 Å². The van der Waals surface area contributed by atoms with Crippen molar-refractivity contribution in [1.82, 2.24) is 4.98 Å². The van der Waals surface area contributed by atoms with E-state index in [4.69, 9.17) is 5.73 Å². The molecule has 0 radical (unpaired) electrons. The lowest BCUT2D eigenvalue weighted by Crippen LogP contribution is -1.99. The first kappa shape index (κ1) is 12.3. The highest BCUT2D eigenvalue weighted by atomic mass is 32.1. The van der Waals surface area contributed by atoms with Crippen LogP contribution in [-0.4, -0.2) is 4.98 Å². The van der Waals surface area contributed by atoms with Crippen molar-refractivity contribution in [3.8, 4) is 0 Å². The Morgan fingerprint density at radius 2 is 2.00 bits per heavy atom. The van der Waals surface area contributed by atoms with E-state index in [0.717, 1.165) is 29.0 Å². The van der Waals surface area contributed by atoms with E-state index < -0.39 is 0 Å². The van der Waals surface area contributed by atoms with E-state index in [0.29, 0.717) is 0 Å². The number of aromatic nitrogens is 1. The van der Waals surface area contributed by atoms with E-state index >= 15 is 0 Å². The van der Waals surface area contributed by atoms with Gasteiger partial charge in [-0.15, -0.1) is 0 Å². The highest BCUT2D eigenvalue weighted by molar-refractivity contribution is 7.07. The summed E-state index contributed by atoms with van der Waals surface area (Å²) in [5, 5.41) is 10.2. The molecular weight excluding hydrogens is 278 g/mol. The Morgan fingerprint density at radius 3 is 2.86 bits per heavy atom. The molecule has 0 unspecified atom stereocenters. The van der Waals surface area contributed by atoms with Crippen molar-refractivity contribution in [2.45, 2.75) is 6.54 Å². The first-order valence-corrected chi connectivity index (χ1v) is 7.81. The Bertz CT molecular complexity index is 906. The molecule has 0 spiro atoms. The van der Waals surface area contributed by atoms with Crippen molar-refractivity contribution in [2.75, 3.05) is 11.1 Å². The molecule has 104 valence electrons. The number of para-hydroxylation sites is 1. The second kappa shape index (κ2) is 4.82. The lowest BCUT2D eigenvalue weighted by molar-refractivity contribution is 1.17. The number of H-pyrrole nitrogens is 1. The fourth-order valence-electron chi connectivity index (χ4n) is 2.72. The number of anilines is 2. The molecule has 0 amide bonds. The summed E-state index contributed by atoms with van der Waals surface area (Å²) in [7, 11) is 0. The van der Waals surface area contributed by atoms with E-state index in [-0.39, 0.29) is 0 Å². The first-order chi connectivity index (χ1) is 10.3. The number of aromatic amines is 1. The maximum atomic E-state index is 6.12. The second-order valence-electron chi connectivity index (χ2n) is 5.11. The lowest BCUT2D eigenvalue weighted by Gasteiger charge is -2.08. The number of thiophene rings is 1. The summed E-state index contributed by atoms with van der Waals surface area (Å²) in [5.74, 6) is 0. The van der Waals surface area contributed by atoms with Gasteiger partial charge < -0.3 is 16.0 Å². The van der Waals surface area contributed by atoms with Gasteiger partial charge in [-0.25, -0.2) is 0 Å². The van der Waals surface area contributed by atoms with E-state index in [1.807, 2.05) is 12.1 Å². The third-order valence-corrected chi connectivity index (χ3v) is 4.49. The molecule has 0 aliphatic heterocycles. The average molecular weight is 293 g/mol. The van der Waals surface area contributed by atoms with E-state index in [1.165, 1.54) is 16.3 Å². The van der Waals surface area contributed by atoms with Crippen molar-refractivity contribution < 1.29 is 0 Å². The summed E-state index contributed by atoms with van der Waals surface area (Å²) in [6, 6.07) is 14.5. The van der Waals surface area contributed by atoms with Crippen LogP contribution in [0.25, 0.3) is 21.8 Å². The minimum absolute atomic E-state index is 0.780. The van der Waals surface area contributed by atoms with Gasteiger partial charge in [-0.05, 0) is 40.6 Å². The molecule has 2 aromatic carbocycles. The third-order valence-electron chi connectivity index (χ3n) is 3.76. The van der Waals surface area contributed by atoms with Gasteiger partial charge in [0.15, 0.2) is 0 Å². The summed E-state index contributed by atoms with van der Waals surface area (Å²) in [6.45, 7) is 0.821. The van der Waals surface area contributed by atoms with Crippen LogP contribution in [0.5, 0.6) is 0 Å². The Morgan fingerprint density at radius 1 is 1.10 bits per heavy atom. The smallest absolute Gasteiger partial charge is 0.0719 e. The molecule has 4 N–H and O–H groups in total. The SMILES string of the molecule is Nc1ccc(NCc2ccsc2)c2c1[nH]c1ccccc12. The molecule has 2 heterocycles. The Hall–Kier alpha value is -2.46. The molecule has 0 aliphatic carbocycles. The molecule has 0 atom stereocenters. The predicted octanol–water partition coefficient (Wildman–Crippen LogP) is 4.58. The van der Waals surface area contributed by atoms with Gasteiger partial charge in [0.1, 0.15) is 0 Å². The fourth-order valence-corrected chi connectivity index (χ4v) is 3.38. The van der Waals surface area contributed by atoms with Crippen LogP contribution in [0.2, 0.25) is 0 Å². The first-order valence-electron chi connectivity index (χ1n) is 6.87. The highest BCUT2D eigenvalue weighted by Crippen LogP contribution is 2.35. The summed E-state index contributed by atoms with van der Waals surface area (Å²) in [4.78, 5) is 3.42. The van der Waals surface area contributed by atoms with Crippen LogP contribution in [-0.2, 0) is 6.54 Å². The molecule has 4 rings (SSSR count). The standard InChI is InChI=1S/C17H15N3S/c18-13-5-6-15(19-9-11-7-8-21-10-11)16-12-3-1-2-4-14(12)20-17(13)16/h1-8,10,19-20H,9,18H2. The lowest BCUT2D eigenvalue weighted by atomic mass is 10.1. The molecule has 0 saturated carbocycles. The van der Waals surface area contributed by atoms with Crippen molar-refractivity contribution in [1.29, 1.82) is 0 Å². The number of rotatable bonds is 3. The number of nitrogen functional groups attached to an aromatic ring is 1. The number of hydrogen-bond donors (Lipinski definition) is 3. The Balaban J connectivity index is 1.86. The maximum absolute atomic E-state index is 6.12. The largest absolute Gasteiger partial charge is 0.397 e. The van der Waals surface area contributed by atoms with Crippen LogP contribution in [0.3, 0.4) is 0 Å². The van der Waals surface area contributed by atoms with Gasteiger partial charge in [0.25, 0.3) is 0 Å². The van der Waals surface area contributed by atoms with Crippen LogP contribution in [0.15, 0.2) is 53.2 Å². The summed E-state index contributed by atoms with van der Waals surface area (Å²) >= 11 is 1.72. The van der Waals surface area contributed by atoms with Crippen LogP contribution in [0, 0.1) is 0 Å². The Kier molecular flexibility index (Phi) is 2.82. The van der Waals surface area contributed by atoms with Crippen molar-refractivity contribution in [3.05, 3.63) is 58.8 Å². The number of benzene rings is 2. The van der Waals surface area contributed by atoms with Crippen LogP contribution in [0.1, 0.15) is 5.56 Å². The summed E-state index contributed by atoms with van der Waals surface area (Å²) < 4.78 is 0. The van der Waals surface area contributed by atoms with E-state index in [1.54, 1.807) is 11.3 Å². The minimum Gasteiger partial charge on any atom is -0.397 e. The number of hydrogen-bond acceptors (Lipinski definition) is 3. The minimum atomic E-state index is 0.780. The normalized spacial score (nSPS) is 11.2. The fraction of sp³-hybridized carbons (Fsp3) is 0.0588. The quantitative estimate of drug-likeness (QED) is 0.484. The van der Waals surface area contributed by atoms with Gasteiger partial charge >= 0.3 is 0 Å². The van der Waals surface area contributed by atoms with E-state index in [9.17, 15) is 0 Å². The number of nitrogens with two attached hydrogens (primary N) is 1. The third kappa shape index (κ3) is 2.04. The predicted molar refractivity (Wildman–Crippen MR) is 91.9 cm³/mol. The van der Waals surface area contributed by atoms with Crippen molar-refractivity contribution in [2.24, 2.45) is 0 Å². The number of fused-ring (bicyclic) bond motifs is 3. The summed E-state index contributed by atoms with van der Waals surface area (Å²) in [6.07, 6.45) is 0. The molecule has 0 saturated heterocycles. The van der Waals surface area contributed by atoms with Gasteiger partial charge in [-0.3, -0.25) is 0 Å². The zero-order valence-corrected chi connectivity index (χ0v) is 12.2. The summed E-state index contributed by atoms with van der Waals surface area (Å²) in [5.41, 5.74) is 11.4. The topological polar surface area (TPSA) is 53.8 Å². The average Bonchev–Trinajstić information content (AvgIpc) is 3.14. The van der Waals surface area contributed by atoms with Gasteiger partial charge in [0, 0.05) is 28.5 Å². The second-order valence-corrected chi connectivity index (χ2v) is 5.89. The molecular formula is C17H15N3S. The molecule has 2 aromatic heterocycles. The van der Waals surface area contributed by atoms with E-state index in [2.05, 4.69) is 51.4 Å². The van der Waals surface area contributed by atoms with Crippen LogP contribution in [0.4, 0.5) is 11.4 Å². The monoisotopic (exact) mass is 293 g/mol. The molecule has 0 aliphatic rings. The molecule has 0 bridgehead atoms. The zero-order valence-electron chi connectivity index (χ0n) is 11.4.